The summed E-state index contributed by atoms with van der Waals surface area (Å²) in [7, 11) is 0. The van der Waals surface area contributed by atoms with Crippen LogP contribution in [0.2, 0.25) is 10.0 Å². The van der Waals surface area contributed by atoms with Crippen molar-refractivity contribution in [3.63, 3.8) is 0 Å². The van der Waals surface area contributed by atoms with Crippen LogP contribution in [-0.2, 0) is 9.53 Å². The van der Waals surface area contributed by atoms with Gasteiger partial charge in [-0.2, -0.15) is 0 Å². The SMILES string of the molecule is O=C(COC(=O)c1ccc(NC2CC2)nc1)Nc1c(Cl)cccc1Cl. The first-order valence-corrected chi connectivity index (χ1v) is 8.42. The molecular formula is C17H15Cl2N3O3. The predicted molar refractivity (Wildman–Crippen MR) is 96.3 cm³/mol. The molecule has 1 fully saturated rings. The minimum absolute atomic E-state index is 0.268. The first kappa shape index (κ1) is 17.5. The molecule has 3 rings (SSSR count). The monoisotopic (exact) mass is 379 g/mol. The lowest BCUT2D eigenvalue weighted by molar-refractivity contribution is -0.119. The maximum Gasteiger partial charge on any atom is 0.340 e. The van der Waals surface area contributed by atoms with Gasteiger partial charge in [0.25, 0.3) is 5.91 Å². The van der Waals surface area contributed by atoms with Crippen LogP contribution in [0.4, 0.5) is 11.5 Å². The summed E-state index contributed by atoms with van der Waals surface area (Å²) in [6.45, 7) is -0.456. The van der Waals surface area contributed by atoms with Crippen molar-refractivity contribution in [1.82, 2.24) is 4.98 Å². The van der Waals surface area contributed by atoms with Crippen LogP contribution in [-0.4, -0.2) is 29.5 Å². The second-order valence-corrected chi connectivity index (χ2v) is 6.39. The van der Waals surface area contributed by atoms with Gasteiger partial charge in [0.1, 0.15) is 5.82 Å². The van der Waals surface area contributed by atoms with E-state index in [1.807, 2.05) is 0 Å². The molecule has 8 heteroatoms. The number of para-hydroxylation sites is 1. The van der Waals surface area contributed by atoms with E-state index in [0.29, 0.717) is 21.9 Å². The average Bonchev–Trinajstić information content (AvgIpc) is 3.41. The van der Waals surface area contributed by atoms with E-state index < -0.39 is 18.5 Å². The lowest BCUT2D eigenvalue weighted by Gasteiger charge is -2.09. The summed E-state index contributed by atoms with van der Waals surface area (Å²) in [5.41, 5.74) is 0.550. The van der Waals surface area contributed by atoms with Gasteiger partial charge in [0.15, 0.2) is 6.61 Å². The molecule has 0 saturated heterocycles. The van der Waals surface area contributed by atoms with Gasteiger partial charge in [-0.05, 0) is 37.1 Å². The molecule has 1 saturated carbocycles. The van der Waals surface area contributed by atoms with Crippen molar-refractivity contribution in [3.05, 3.63) is 52.1 Å². The fourth-order valence-electron chi connectivity index (χ4n) is 2.04. The number of ether oxygens (including phenoxy) is 1. The van der Waals surface area contributed by atoms with E-state index in [1.54, 1.807) is 30.3 Å². The molecule has 0 atom stereocenters. The Labute approximate surface area is 154 Å². The Morgan fingerprint density at radius 3 is 2.48 bits per heavy atom. The maximum atomic E-state index is 12.0. The Bertz CT molecular complexity index is 772. The van der Waals surface area contributed by atoms with Crippen LogP contribution in [0.3, 0.4) is 0 Å². The van der Waals surface area contributed by atoms with Gasteiger partial charge >= 0.3 is 5.97 Å². The molecule has 0 aliphatic heterocycles. The molecule has 6 nitrogen and oxygen atoms in total. The second kappa shape index (κ2) is 7.72. The maximum absolute atomic E-state index is 12.0. The largest absolute Gasteiger partial charge is 0.452 e. The number of esters is 1. The number of amides is 1. The van der Waals surface area contributed by atoms with E-state index in [2.05, 4.69) is 15.6 Å². The van der Waals surface area contributed by atoms with Crippen LogP contribution >= 0.6 is 23.2 Å². The molecule has 25 heavy (non-hydrogen) atoms. The molecule has 130 valence electrons. The molecule has 2 aromatic rings. The smallest absolute Gasteiger partial charge is 0.340 e. The Balaban J connectivity index is 1.51. The molecular weight excluding hydrogens is 365 g/mol. The molecule has 1 amide bonds. The zero-order valence-corrected chi connectivity index (χ0v) is 14.6. The number of carbonyl (C=O) groups is 2. The number of nitrogens with zero attached hydrogens (tertiary/aromatic N) is 1. The van der Waals surface area contributed by atoms with E-state index in [4.69, 9.17) is 27.9 Å². The Hall–Kier alpha value is -2.31. The van der Waals surface area contributed by atoms with E-state index >= 15 is 0 Å². The summed E-state index contributed by atoms with van der Waals surface area (Å²) < 4.78 is 4.98. The zero-order chi connectivity index (χ0) is 17.8. The number of pyridine rings is 1. The highest BCUT2D eigenvalue weighted by Crippen LogP contribution is 2.29. The number of hydrogen-bond donors (Lipinski definition) is 2. The number of carbonyl (C=O) groups excluding carboxylic acids is 2. The first-order valence-electron chi connectivity index (χ1n) is 7.66. The van der Waals surface area contributed by atoms with Gasteiger partial charge in [-0.25, -0.2) is 9.78 Å². The molecule has 1 aromatic carbocycles. The van der Waals surface area contributed by atoms with Gasteiger partial charge in [0.05, 0.1) is 21.3 Å². The number of halogens is 2. The third-order valence-electron chi connectivity index (χ3n) is 3.49. The summed E-state index contributed by atoms with van der Waals surface area (Å²) in [6.07, 6.45) is 3.68. The number of benzene rings is 1. The number of aromatic nitrogens is 1. The number of rotatable bonds is 6. The van der Waals surface area contributed by atoms with Gasteiger partial charge < -0.3 is 15.4 Å². The minimum atomic E-state index is -0.633. The zero-order valence-electron chi connectivity index (χ0n) is 13.1. The third kappa shape index (κ3) is 4.84. The van der Waals surface area contributed by atoms with Crippen LogP contribution in [0.15, 0.2) is 36.5 Å². The summed E-state index contributed by atoms with van der Waals surface area (Å²) in [5, 5.41) is 6.34. The van der Waals surface area contributed by atoms with E-state index in [0.717, 1.165) is 12.8 Å². The van der Waals surface area contributed by atoms with Crippen LogP contribution in [0, 0.1) is 0 Å². The van der Waals surface area contributed by atoms with Gasteiger partial charge in [-0.3, -0.25) is 4.79 Å². The summed E-state index contributed by atoms with van der Waals surface area (Å²) in [4.78, 5) is 28.0. The van der Waals surface area contributed by atoms with E-state index in [9.17, 15) is 9.59 Å². The van der Waals surface area contributed by atoms with Crippen molar-refractivity contribution >= 4 is 46.6 Å². The van der Waals surface area contributed by atoms with Crippen LogP contribution in [0.5, 0.6) is 0 Å². The predicted octanol–water partition coefficient (Wildman–Crippen LogP) is 3.76. The molecule has 1 aromatic heterocycles. The Morgan fingerprint density at radius 1 is 1.16 bits per heavy atom. The highest BCUT2D eigenvalue weighted by Gasteiger charge is 2.21. The number of anilines is 2. The van der Waals surface area contributed by atoms with E-state index in [1.165, 1.54) is 6.20 Å². The molecule has 0 bridgehead atoms. The van der Waals surface area contributed by atoms with Gasteiger partial charge in [0, 0.05) is 12.2 Å². The van der Waals surface area contributed by atoms with Crippen LogP contribution in [0.25, 0.3) is 0 Å². The van der Waals surface area contributed by atoms with Crippen molar-refractivity contribution in [2.45, 2.75) is 18.9 Å². The quantitative estimate of drug-likeness (QED) is 0.746. The van der Waals surface area contributed by atoms with Gasteiger partial charge in [-0.15, -0.1) is 0 Å². The van der Waals surface area contributed by atoms with Crippen molar-refractivity contribution in [2.24, 2.45) is 0 Å². The summed E-state index contributed by atoms with van der Waals surface area (Å²) >= 11 is 11.9. The molecule has 1 aliphatic carbocycles. The number of hydrogen-bond acceptors (Lipinski definition) is 5. The third-order valence-corrected chi connectivity index (χ3v) is 4.12. The van der Waals surface area contributed by atoms with Crippen molar-refractivity contribution in [2.75, 3.05) is 17.2 Å². The fraction of sp³-hybridized carbons (Fsp3) is 0.235. The van der Waals surface area contributed by atoms with Crippen molar-refractivity contribution < 1.29 is 14.3 Å². The first-order chi connectivity index (χ1) is 12.0. The van der Waals surface area contributed by atoms with Crippen molar-refractivity contribution in [3.8, 4) is 0 Å². The summed E-state index contributed by atoms with van der Waals surface area (Å²) in [6, 6.07) is 8.64. The fourth-order valence-corrected chi connectivity index (χ4v) is 2.54. The molecule has 1 aliphatic rings. The Kier molecular flexibility index (Phi) is 5.40. The highest BCUT2D eigenvalue weighted by atomic mass is 35.5. The number of nitrogens with one attached hydrogen (secondary N) is 2. The lowest BCUT2D eigenvalue weighted by Crippen LogP contribution is -2.21. The molecule has 0 radical (unpaired) electrons. The van der Waals surface area contributed by atoms with E-state index in [-0.39, 0.29) is 11.3 Å². The molecule has 0 unspecified atom stereocenters. The summed E-state index contributed by atoms with van der Waals surface area (Å²) in [5.74, 6) is -0.459. The van der Waals surface area contributed by atoms with Gasteiger partial charge in [0.2, 0.25) is 0 Å². The molecule has 0 spiro atoms. The van der Waals surface area contributed by atoms with Crippen LogP contribution in [0.1, 0.15) is 23.2 Å². The molecule has 2 N–H and O–H groups in total. The minimum Gasteiger partial charge on any atom is -0.452 e. The molecule has 1 heterocycles. The standard InChI is InChI=1S/C17H15Cl2N3O3/c18-12-2-1-3-13(19)16(12)22-15(23)9-25-17(24)10-4-7-14(20-8-10)21-11-5-6-11/h1-4,7-8,11H,5-6,9H2,(H,20,21)(H,22,23). The highest BCUT2D eigenvalue weighted by molar-refractivity contribution is 6.39. The topological polar surface area (TPSA) is 80.3 Å². The lowest BCUT2D eigenvalue weighted by atomic mass is 10.3. The van der Waals surface area contributed by atoms with Crippen LogP contribution < -0.4 is 10.6 Å². The average molecular weight is 380 g/mol. The van der Waals surface area contributed by atoms with Crippen molar-refractivity contribution in [1.29, 1.82) is 0 Å². The second-order valence-electron chi connectivity index (χ2n) is 5.57. The Morgan fingerprint density at radius 2 is 1.88 bits per heavy atom. The normalized spacial score (nSPS) is 13.2. The van der Waals surface area contributed by atoms with Gasteiger partial charge in [-0.1, -0.05) is 29.3 Å².